The van der Waals surface area contributed by atoms with Gasteiger partial charge in [-0.05, 0) is 42.3 Å². The Morgan fingerprint density at radius 1 is 1.05 bits per heavy atom. The van der Waals surface area contributed by atoms with Crippen LogP contribution in [-0.4, -0.2) is 16.7 Å². The first-order valence-corrected chi connectivity index (χ1v) is 6.76. The second-order valence-corrected chi connectivity index (χ2v) is 5.22. The fourth-order valence-corrected chi connectivity index (χ4v) is 2.65. The molecule has 1 unspecified atom stereocenters. The Morgan fingerprint density at radius 3 is 2.15 bits per heavy atom. The molecule has 1 aliphatic rings. The quantitative estimate of drug-likeness (QED) is 0.796. The molecule has 1 atom stereocenters. The molecule has 2 aromatic rings. The molecule has 0 aromatic heterocycles. The van der Waals surface area contributed by atoms with Gasteiger partial charge in [-0.1, -0.05) is 24.3 Å². The predicted octanol–water partition coefficient (Wildman–Crippen LogP) is 3.41. The molecule has 20 heavy (non-hydrogen) atoms. The Balaban J connectivity index is 1.76. The lowest BCUT2D eigenvalue weighted by Gasteiger charge is -2.22. The largest absolute Gasteiger partial charge is 0.292 e. The van der Waals surface area contributed by atoms with E-state index in [0.717, 1.165) is 13.1 Å². The molecule has 0 fully saturated rings. The van der Waals surface area contributed by atoms with Gasteiger partial charge in [0.15, 0.2) is 5.78 Å². The van der Waals surface area contributed by atoms with Crippen molar-refractivity contribution in [1.82, 2.24) is 4.90 Å². The molecule has 2 nitrogen and oxygen atoms in total. The van der Waals surface area contributed by atoms with Crippen molar-refractivity contribution in [2.45, 2.75) is 26.1 Å². The summed E-state index contributed by atoms with van der Waals surface area (Å²) in [5.41, 5.74) is 3.13. The number of benzene rings is 2. The van der Waals surface area contributed by atoms with Gasteiger partial charge in [0.05, 0.1) is 6.04 Å². The zero-order chi connectivity index (χ0) is 14.1. The number of carbonyl (C=O) groups excluding carboxylic acids is 1. The molecule has 2 aromatic carbocycles. The van der Waals surface area contributed by atoms with Gasteiger partial charge in [-0.2, -0.15) is 0 Å². The summed E-state index contributed by atoms with van der Waals surface area (Å²) >= 11 is 0. The highest BCUT2D eigenvalue weighted by Crippen LogP contribution is 2.25. The summed E-state index contributed by atoms with van der Waals surface area (Å²) in [4.78, 5) is 14.6. The minimum Gasteiger partial charge on any atom is -0.292 e. The summed E-state index contributed by atoms with van der Waals surface area (Å²) in [5.74, 6) is -0.277. The molecule has 3 rings (SSSR count). The van der Waals surface area contributed by atoms with E-state index >= 15 is 0 Å². The van der Waals surface area contributed by atoms with Crippen LogP contribution in [0.15, 0.2) is 48.5 Å². The van der Waals surface area contributed by atoms with E-state index in [9.17, 15) is 9.18 Å². The molecule has 1 heterocycles. The number of halogens is 1. The van der Waals surface area contributed by atoms with Gasteiger partial charge in [0.1, 0.15) is 5.82 Å². The fraction of sp³-hybridized carbons (Fsp3) is 0.235. The third kappa shape index (κ3) is 2.37. The third-order valence-corrected chi connectivity index (χ3v) is 3.92. The number of nitrogens with zero attached hydrogens (tertiary/aromatic N) is 1. The summed E-state index contributed by atoms with van der Waals surface area (Å²) in [6.07, 6.45) is 0. The Morgan fingerprint density at radius 2 is 1.60 bits per heavy atom. The molecule has 0 radical (unpaired) electrons. The summed E-state index contributed by atoms with van der Waals surface area (Å²) in [7, 11) is 0. The van der Waals surface area contributed by atoms with E-state index in [4.69, 9.17) is 0 Å². The molecular formula is C17H16FNO. The number of ketones is 1. The van der Waals surface area contributed by atoms with Crippen LogP contribution in [0.1, 0.15) is 28.4 Å². The lowest BCUT2D eigenvalue weighted by atomic mass is 10.0. The fourth-order valence-electron chi connectivity index (χ4n) is 2.65. The van der Waals surface area contributed by atoms with E-state index in [1.807, 2.05) is 19.1 Å². The summed E-state index contributed by atoms with van der Waals surface area (Å²) in [6.45, 7) is 3.51. The highest BCUT2D eigenvalue weighted by Gasteiger charge is 2.27. The van der Waals surface area contributed by atoms with E-state index in [1.54, 1.807) is 12.1 Å². The van der Waals surface area contributed by atoms with Crippen molar-refractivity contribution in [3.63, 3.8) is 0 Å². The number of hydrogen-bond donors (Lipinski definition) is 0. The van der Waals surface area contributed by atoms with E-state index in [-0.39, 0.29) is 17.6 Å². The Bertz CT molecular complexity index is 611. The number of hydrogen-bond acceptors (Lipinski definition) is 2. The predicted molar refractivity (Wildman–Crippen MR) is 75.9 cm³/mol. The molecular weight excluding hydrogens is 253 g/mol. The van der Waals surface area contributed by atoms with Gasteiger partial charge in [-0.15, -0.1) is 0 Å². The van der Waals surface area contributed by atoms with Crippen molar-refractivity contribution in [3.8, 4) is 0 Å². The number of carbonyl (C=O) groups is 1. The molecule has 0 amide bonds. The molecule has 0 spiro atoms. The lowest BCUT2D eigenvalue weighted by Crippen LogP contribution is -2.35. The molecule has 1 aliphatic heterocycles. The Kier molecular flexibility index (Phi) is 3.36. The summed E-state index contributed by atoms with van der Waals surface area (Å²) in [5, 5.41) is 0. The molecule has 102 valence electrons. The second-order valence-electron chi connectivity index (χ2n) is 5.22. The van der Waals surface area contributed by atoms with Crippen molar-refractivity contribution in [3.05, 3.63) is 71.0 Å². The van der Waals surface area contributed by atoms with Gasteiger partial charge in [0.25, 0.3) is 0 Å². The Hall–Kier alpha value is -2.00. The molecule has 0 bridgehead atoms. The zero-order valence-electron chi connectivity index (χ0n) is 11.3. The zero-order valence-corrected chi connectivity index (χ0v) is 11.3. The van der Waals surface area contributed by atoms with Gasteiger partial charge in [0, 0.05) is 18.7 Å². The summed E-state index contributed by atoms with van der Waals surface area (Å²) < 4.78 is 12.9. The van der Waals surface area contributed by atoms with Crippen molar-refractivity contribution >= 4 is 5.78 Å². The molecule has 3 heteroatoms. The molecule has 0 saturated heterocycles. The van der Waals surface area contributed by atoms with Crippen molar-refractivity contribution in [1.29, 1.82) is 0 Å². The Labute approximate surface area is 117 Å². The van der Waals surface area contributed by atoms with Crippen molar-refractivity contribution in [2.75, 3.05) is 0 Å². The van der Waals surface area contributed by atoms with E-state index in [1.165, 1.54) is 23.3 Å². The monoisotopic (exact) mass is 269 g/mol. The molecule has 0 saturated carbocycles. The van der Waals surface area contributed by atoms with Crippen LogP contribution in [0.5, 0.6) is 0 Å². The topological polar surface area (TPSA) is 20.3 Å². The first kappa shape index (κ1) is 13.0. The average molecular weight is 269 g/mol. The number of fused-ring (bicyclic) bond motifs is 1. The normalized spacial score (nSPS) is 15.9. The minimum absolute atomic E-state index is 0.0396. The van der Waals surface area contributed by atoms with Crippen LogP contribution >= 0.6 is 0 Å². The van der Waals surface area contributed by atoms with Gasteiger partial charge < -0.3 is 0 Å². The smallest absolute Gasteiger partial charge is 0.179 e. The van der Waals surface area contributed by atoms with Gasteiger partial charge in [0.2, 0.25) is 0 Å². The highest BCUT2D eigenvalue weighted by molar-refractivity contribution is 5.99. The standard InChI is InChI=1S/C17H16FNO/c1-12(17(20)13-6-8-16(18)9-7-13)19-10-14-4-2-3-5-15(14)11-19/h2-9,12H,10-11H2,1H3. The maximum Gasteiger partial charge on any atom is 0.179 e. The first-order valence-electron chi connectivity index (χ1n) is 6.76. The van der Waals surface area contributed by atoms with Crippen LogP contribution < -0.4 is 0 Å². The maximum absolute atomic E-state index is 12.9. The average Bonchev–Trinajstić information content (AvgIpc) is 2.90. The van der Waals surface area contributed by atoms with Crippen LogP contribution in [0.4, 0.5) is 4.39 Å². The maximum atomic E-state index is 12.9. The highest BCUT2D eigenvalue weighted by atomic mass is 19.1. The van der Waals surface area contributed by atoms with Gasteiger partial charge in [-0.3, -0.25) is 9.69 Å². The van der Waals surface area contributed by atoms with Crippen molar-refractivity contribution in [2.24, 2.45) is 0 Å². The van der Waals surface area contributed by atoms with E-state index < -0.39 is 0 Å². The van der Waals surface area contributed by atoms with E-state index in [2.05, 4.69) is 17.0 Å². The number of Topliss-reactive ketones (excluding diaryl/α,β-unsaturated/α-hetero) is 1. The van der Waals surface area contributed by atoms with Gasteiger partial charge >= 0.3 is 0 Å². The van der Waals surface area contributed by atoms with Crippen LogP contribution in [-0.2, 0) is 13.1 Å². The van der Waals surface area contributed by atoms with Crippen LogP contribution in [0.3, 0.4) is 0 Å². The van der Waals surface area contributed by atoms with Crippen LogP contribution in [0.2, 0.25) is 0 Å². The van der Waals surface area contributed by atoms with E-state index in [0.29, 0.717) is 5.56 Å². The minimum atomic E-state index is -0.317. The SMILES string of the molecule is CC(C(=O)c1ccc(F)cc1)N1Cc2ccccc2C1. The van der Waals surface area contributed by atoms with Crippen LogP contribution in [0.25, 0.3) is 0 Å². The lowest BCUT2D eigenvalue weighted by molar-refractivity contribution is 0.0835. The first-order chi connectivity index (χ1) is 9.65. The number of rotatable bonds is 3. The van der Waals surface area contributed by atoms with Gasteiger partial charge in [-0.25, -0.2) is 4.39 Å². The molecule has 0 N–H and O–H groups in total. The molecule has 0 aliphatic carbocycles. The van der Waals surface area contributed by atoms with Crippen LogP contribution in [0, 0.1) is 5.82 Å². The third-order valence-electron chi connectivity index (χ3n) is 3.92. The second kappa shape index (κ2) is 5.17. The van der Waals surface area contributed by atoms with Crippen molar-refractivity contribution < 1.29 is 9.18 Å². The summed E-state index contributed by atoms with van der Waals surface area (Å²) in [6, 6.07) is 13.8.